The van der Waals surface area contributed by atoms with Crippen LogP contribution in [-0.2, 0) is 21.4 Å². The highest BCUT2D eigenvalue weighted by Gasteiger charge is 2.32. The minimum Gasteiger partial charge on any atom is -0.340 e. The molecule has 27 heavy (non-hydrogen) atoms. The molecule has 0 saturated heterocycles. The van der Waals surface area contributed by atoms with E-state index in [-0.39, 0.29) is 16.6 Å². The summed E-state index contributed by atoms with van der Waals surface area (Å²) >= 11 is 12.2. The van der Waals surface area contributed by atoms with Gasteiger partial charge in [0.2, 0.25) is 15.9 Å². The van der Waals surface area contributed by atoms with Crippen LogP contribution in [0.3, 0.4) is 0 Å². The summed E-state index contributed by atoms with van der Waals surface area (Å²) in [6, 6.07) is 11.3. The smallest absolute Gasteiger partial charge is 0.246 e. The Bertz CT molecular complexity index is 930. The summed E-state index contributed by atoms with van der Waals surface area (Å²) in [5.41, 5.74) is 2.26. The average molecular weight is 429 g/mol. The van der Waals surface area contributed by atoms with E-state index in [1.54, 1.807) is 13.1 Å². The molecular weight excluding hydrogens is 407 g/mol. The molecule has 1 atom stereocenters. The molecule has 1 unspecified atom stereocenters. The lowest BCUT2D eigenvalue weighted by atomic mass is 10.1. The van der Waals surface area contributed by atoms with E-state index < -0.39 is 16.1 Å². The Morgan fingerprint density at radius 3 is 2.26 bits per heavy atom. The molecule has 146 valence electrons. The maximum Gasteiger partial charge on any atom is 0.246 e. The van der Waals surface area contributed by atoms with Crippen molar-refractivity contribution in [2.45, 2.75) is 26.4 Å². The van der Waals surface area contributed by atoms with Crippen LogP contribution < -0.4 is 4.31 Å². The standard InChI is InChI=1S/C19H22Cl2N2O3S/c1-13-5-7-15(8-6-13)12-22(3)19(24)14(2)23(27(4,25)26)18-11-16(20)9-10-17(18)21/h5-11,14H,12H2,1-4H3. The summed E-state index contributed by atoms with van der Waals surface area (Å²) in [6.45, 7) is 3.88. The van der Waals surface area contributed by atoms with Crippen molar-refractivity contribution in [1.82, 2.24) is 4.90 Å². The van der Waals surface area contributed by atoms with E-state index in [0.717, 1.165) is 21.7 Å². The van der Waals surface area contributed by atoms with Crippen LogP contribution in [0.1, 0.15) is 18.1 Å². The highest BCUT2D eigenvalue weighted by molar-refractivity contribution is 7.92. The third kappa shape index (κ3) is 5.37. The van der Waals surface area contributed by atoms with Crippen molar-refractivity contribution in [3.63, 3.8) is 0 Å². The van der Waals surface area contributed by atoms with Gasteiger partial charge < -0.3 is 4.90 Å². The van der Waals surface area contributed by atoms with Crippen molar-refractivity contribution in [1.29, 1.82) is 0 Å². The minimum atomic E-state index is -3.77. The number of halogens is 2. The van der Waals surface area contributed by atoms with E-state index in [1.165, 1.54) is 24.0 Å². The first-order chi connectivity index (χ1) is 12.5. The quantitative estimate of drug-likeness (QED) is 0.695. The van der Waals surface area contributed by atoms with Crippen molar-refractivity contribution >= 4 is 44.8 Å². The second-order valence-electron chi connectivity index (χ2n) is 6.51. The van der Waals surface area contributed by atoms with Gasteiger partial charge in [0.1, 0.15) is 6.04 Å². The van der Waals surface area contributed by atoms with Gasteiger partial charge in [0, 0.05) is 18.6 Å². The summed E-state index contributed by atoms with van der Waals surface area (Å²) in [4.78, 5) is 14.4. The number of hydrogen-bond acceptors (Lipinski definition) is 3. The number of carbonyl (C=O) groups excluding carboxylic acids is 1. The second kappa shape index (κ2) is 8.50. The number of rotatable bonds is 6. The molecule has 0 heterocycles. The van der Waals surface area contributed by atoms with Gasteiger partial charge in [0.25, 0.3) is 0 Å². The van der Waals surface area contributed by atoms with Gasteiger partial charge in [-0.25, -0.2) is 8.42 Å². The van der Waals surface area contributed by atoms with Gasteiger partial charge in [0.15, 0.2) is 0 Å². The van der Waals surface area contributed by atoms with Crippen molar-refractivity contribution in [3.8, 4) is 0 Å². The van der Waals surface area contributed by atoms with E-state index >= 15 is 0 Å². The summed E-state index contributed by atoms with van der Waals surface area (Å²) in [5, 5.41) is 0.529. The van der Waals surface area contributed by atoms with Gasteiger partial charge in [-0.1, -0.05) is 53.0 Å². The van der Waals surface area contributed by atoms with Crippen LogP contribution in [0, 0.1) is 6.92 Å². The van der Waals surface area contributed by atoms with Gasteiger partial charge in [-0.05, 0) is 37.6 Å². The summed E-state index contributed by atoms with van der Waals surface area (Å²) in [7, 11) is -2.13. The fraction of sp³-hybridized carbons (Fsp3) is 0.316. The largest absolute Gasteiger partial charge is 0.340 e. The number of nitrogens with zero attached hydrogens (tertiary/aromatic N) is 2. The maximum atomic E-state index is 12.9. The third-order valence-corrected chi connectivity index (χ3v) is 5.91. The van der Waals surface area contributed by atoms with Gasteiger partial charge in [-0.2, -0.15) is 0 Å². The number of benzene rings is 2. The Balaban J connectivity index is 2.31. The SMILES string of the molecule is Cc1ccc(CN(C)C(=O)C(C)N(c2cc(Cl)ccc2Cl)S(C)(=O)=O)cc1. The number of hydrogen-bond donors (Lipinski definition) is 0. The molecule has 2 rings (SSSR count). The Labute approximate surface area is 170 Å². The molecule has 8 heteroatoms. The zero-order valence-electron chi connectivity index (χ0n) is 15.6. The number of amides is 1. The van der Waals surface area contributed by atoms with E-state index in [2.05, 4.69) is 0 Å². The van der Waals surface area contributed by atoms with Crippen LogP contribution in [0.2, 0.25) is 10.0 Å². The van der Waals surface area contributed by atoms with E-state index in [9.17, 15) is 13.2 Å². The number of likely N-dealkylation sites (N-methyl/N-ethyl adjacent to an activating group) is 1. The fourth-order valence-corrected chi connectivity index (χ4v) is 4.39. The van der Waals surface area contributed by atoms with Gasteiger partial charge in [0.05, 0.1) is 17.0 Å². The predicted octanol–water partition coefficient (Wildman–Crippen LogP) is 4.11. The van der Waals surface area contributed by atoms with Crippen molar-refractivity contribution < 1.29 is 13.2 Å². The highest BCUT2D eigenvalue weighted by Crippen LogP contribution is 2.32. The molecule has 0 N–H and O–H groups in total. The molecule has 5 nitrogen and oxygen atoms in total. The topological polar surface area (TPSA) is 57.7 Å². The minimum absolute atomic E-state index is 0.177. The van der Waals surface area contributed by atoms with E-state index in [1.807, 2.05) is 31.2 Å². The molecule has 2 aromatic rings. The zero-order chi connectivity index (χ0) is 20.4. The molecule has 0 spiro atoms. The molecule has 0 fully saturated rings. The van der Waals surface area contributed by atoms with Crippen LogP contribution in [0.15, 0.2) is 42.5 Å². The predicted molar refractivity (Wildman–Crippen MR) is 111 cm³/mol. The molecule has 0 radical (unpaired) electrons. The normalized spacial score (nSPS) is 12.5. The Morgan fingerprint density at radius 1 is 1.11 bits per heavy atom. The molecular formula is C19H22Cl2N2O3S. The van der Waals surface area contributed by atoms with E-state index in [0.29, 0.717) is 11.6 Å². The summed E-state index contributed by atoms with van der Waals surface area (Å²) in [5.74, 6) is -0.350. The van der Waals surface area contributed by atoms with Gasteiger partial charge in [-0.15, -0.1) is 0 Å². The highest BCUT2D eigenvalue weighted by atomic mass is 35.5. The van der Waals surface area contributed by atoms with Gasteiger partial charge in [-0.3, -0.25) is 9.10 Å². The number of carbonyl (C=O) groups is 1. The average Bonchev–Trinajstić information content (AvgIpc) is 2.58. The zero-order valence-corrected chi connectivity index (χ0v) is 17.9. The third-order valence-electron chi connectivity index (χ3n) is 4.13. The Hall–Kier alpha value is -1.76. The number of anilines is 1. The van der Waals surface area contributed by atoms with Crippen molar-refractivity contribution in [2.75, 3.05) is 17.6 Å². The lowest BCUT2D eigenvalue weighted by molar-refractivity contribution is -0.131. The van der Waals surface area contributed by atoms with Crippen LogP contribution in [0.25, 0.3) is 0 Å². The molecule has 0 saturated carbocycles. The number of aryl methyl sites for hydroxylation is 1. The van der Waals surface area contributed by atoms with Crippen LogP contribution >= 0.6 is 23.2 Å². The second-order valence-corrected chi connectivity index (χ2v) is 9.21. The first-order valence-electron chi connectivity index (χ1n) is 8.25. The fourth-order valence-electron chi connectivity index (χ4n) is 2.79. The molecule has 1 amide bonds. The monoisotopic (exact) mass is 428 g/mol. The Kier molecular flexibility index (Phi) is 6.78. The van der Waals surface area contributed by atoms with Crippen LogP contribution in [-0.4, -0.2) is 38.6 Å². The van der Waals surface area contributed by atoms with Crippen LogP contribution in [0.4, 0.5) is 5.69 Å². The van der Waals surface area contributed by atoms with Crippen molar-refractivity contribution in [2.24, 2.45) is 0 Å². The van der Waals surface area contributed by atoms with E-state index in [4.69, 9.17) is 23.2 Å². The lowest BCUT2D eigenvalue weighted by Crippen LogP contribution is -2.48. The molecule has 0 aromatic heterocycles. The molecule has 2 aromatic carbocycles. The first kappa shape index (κ1) is 21.5. The maximum absolute atomic E-state index is 12.9. The molecule has 0 aliphatic rings. The van der Waals surface area contributed by atoms with Crippen molar-refractivity contribution in [3.05, 3.63) is 63.6 Å². The van der Waals surface area contributed by atoms with Gasteiger partial charge >= 0.3 is 0 Å². The summed E-state index contributed by atoms with van der Waals surface area (Å²) in [6.07, 6.45) is 1.04. The Morgan fingerprint density at radius 2 is 1.70 bits per heavy atom. The molecule has 0 aliphatic heterocycles. The number of sulfonamides is 1. The molecule has 0 aliphatic carbocycles. The lowest BCUT2D eigenvalue weighted by Gasteiger charge is -2.31. The molecule has 0 bridgehead atoms. The summed E-state index contributed by atoms with van der Waals surface area (Å²) < 4.78 is 25.8. The first-order valence-corrected chi connectivity index (χ1v) is 10.9. The van der Waals surface area contributed by atoms with Crippen LogP contribution in [0.5, 0.6) is 0 Å².